The molecule has 0 aliphatic carbocycles. The lowest BCUT2D eigenvalue weighted by Crippen LogP contribution is -2.12. The van der Waals surface area contributed by atoms with Crippen molar-refractivity contribution in [3.8, 4) is 5.75 Å². The van der Waals surface area contributed by atoms with Crippen molar-refractivity contribution in [3.05, 3.63) is 57.8 Å². The minimum absolute atomic E-state index is 0.0591. The largest absolute Gasteiger partial charge is 0.482 e. The number of ether oxygens (including phenoxy) is 1. The van der Waals surface area contributed by atoms with Gasteiger partial charge in [-0.3, -0.25) is 10.1 Å². The van der Waals surface area contributed by atoms with Crippen molar-refractivity contribution < 1.29 is 9.66 Å². The monoisotopic (exact) mass is 274 g/mol. The van der Waals surface area contributed by atoms with Gasteiger partial charge in [0.15, 0.2) is 5.75 Å². The van der Waals surface area contributed by atoms with E-state index in [0.29, 0.717) is 11.4 Å². The van der Waals surface area contributed by atoms with Crippen molar-refractivity contribution in [1.82, 2.24) is 4.98 Å². The first-order chi connectivity index (χ1) is 9.61. The van der Waals surface area contributed by atoms with Crippen LogP contribution in [-0.4, -0.2) is 9.91 Å². The van der Waals surface area contributed by atoms with Crippen molar-refractivity contribution >= 4 is 11.5 Å². The molecule has 1 aromatic heterocycles. The van der Waals surface area contributed by atoms with Crippen LogP contribution in [0, 0.1) is 17.0 Å². The van der Waals surface area contributed by atoms with Crippen LogP contribution in [0.3, 0.4) is 0 Å². The molecule has 104 valence electrons. The molecule has 2 aromatic rings. The number of nitrogens with zero attached hydrogens (tertiary/aromatic N) is 2. The third-order valence-electron chi connectivity index (χ3n) is 2.72. The summed E-state index contributed by atoms with van der Waals surface area (Å²) >= 11 is 0. The van der Waals surface area contributed by atoms with E-state index in [-0.39, 0.29) is 18.0 Å². The molecular weight excluding hydrogens is 260 g/mol. The molecule has 3 N–H and O–H groups in total. The van der Waals surface area contributed by atoms with Crippen molar-refractivity contribution in [2.75, 3.05) is 5.43 Å². The molecule has 7 nitrogen and oxygen atoms in total. The van der Waals surface area contributed by atoms with E-state index >= 15 is 0 Å². The summed E-state index contributed by atoms with van der Waals surface area (Å²) in [5.74, 6) is 6.03. The van der Waals surface area contributed by atoms with Gasteiger partial charge in [-0.25, -0.2) is 10.8 Å². The average molecular weight is 274 g/mol. The normalized spacial score (nSPS) is 10.1. The molecule has 0 aliphatic heterocycles. The standard InChI is InChI=1S/C13H14N4O3/c1-9-4-5-12(11(7-9)17(18)19)20-8-10-3-2-6-15-13(10)16-14/h2-7H,8,14H2,1H3,(H,15,16). The molecule has 0 saturated carbocycles. The van der Waals surface area contributed by atoms with Crippen LogP contribution in [0.25, 0.3) is 0 Å². The number of rotatable bonds is 5. The molecular formula is C13H14N4O3. The van der Waals surface area contributed by atoms with Gasteiger partial charge in [0.2, 0.25) is 0 Å². The van der Waals surface area contributed by atoms with Crippen LogP contribution in [0.4, 0.5) is 11.5 Å². The van der Waals surface area contributed by atoms with E-state index in [9.17, 15) is 10.1 Å². The van der Waals surface area contributed by atoms with E-state index in [2.05, 4.69) is 10.4 Å². The zero-order chi connectivity index (χ0) is 14.5. The molecule has 0 bridgehead atoms. The number of hydrazine groups is 1. The second kappa shape index (κ2) is 5.98. The fourth-order valence-electron chi connectivity index (χ4n) is 1.73. The van der Waals surface area contributed by atoms with Crippen molar-refractivity contribution in [2.24, 2.45) is 5.84 Å². The van der Waals surface area contributed by atoms with Crippen LogP contribution in [0.5, 0.6) is 5.75 Å². The maximum atomic E-state index is 11.0. The number of nitrogen functional groups attached to an aromatic ring is 1. The first kappa shape index (κ1) is 13.8. The predicted octanol–water partition coefficient (Wildman–Crippen LogP) is 2.16. The van der Waals surface area contributed by atoms with E-state index < -0.39 is 4.92 Å². The summed E-state index contributed by atoms with van der Waals surface area (Å²) in [7, 11) is 0. The number of aryl methyl sites for hydroxylation is 1. The molecule has 0 aliphatic rings. The lowest BCUT2D eigenvalue weighted by molar-refractivity contribution is -0.386. The number of nitrogens with one attached hydrogen (secondary N) is 1. The van der Waals surface area contributed by atoms with Gasteiger partial charge in [-0.15, -0.1) is 0 Å². The number of hydrogen-bond acceptors (Lipinski definition) is 6. The van der Waals surface area contributed by atoms with Crippen LogP contribution < -0.4 is 16.0 Å². The van der Waals surface area contributed by atoms with Crippen LogP contribution >= 0.6 is 0 Å². The van der Waals surface area contributed by atoms with Crippen LogP contribution in [0.15, 0.2) is 36.5 Å². The Labute approximate surface area is 115 Å². The lowest BCUT2D eigenvalue weighted by atomic mass is 10.2. The van der Waals surface area contributed by atoms with Crippen molar-refractivity contribution in [2.45, 2.75) is 13.5 Å². The summed E-state index contributed by atoms with van der Waals surface area (Å²) in [6.07, 6.45) is 1.59. The van der Waals surface area contributed by atoms with Gasteiger partial charge in [0.1, 0.15) is 12.4 Å². The Hall–Kier alpha value is -2.67. The maximum absolute atomic E-state index is 11.0. The van der Waals surface area contributed by atoms with Gasteiger partial charge < -0.3 is 10.2 Å². The Balaban J connectivity index is 2.21. The van der Waals surface area contributed by atoms with E-state index in [1.54, 1.807) is 37.4 Å². The number of nitro benzene ring substituents is 1. The smallest absolute Gasteiger partial charge is 0.311 e. The Bertz CT molecular complexity index is 631. The summed E-state index contributed by atoms with van der Waals surface area (Å²) in [6.45, 7) is 1.92. The van der Waals surface area contributed by atoms with Gasteiger partial charge in [-0.1, -0.05) is 12.1 Å². The molecule has 1 aromatic carbocycles. The van der Waals surface area contributed by atoms with Gasteiger partial charge in [0.05, 0.1) is 4.92 Å². The van der Waals surface area contributed by atoms with Crippen LogP contribution in [0.2, 0.25) is 0 Å². The highest BCUT2D eigenvalue weighted by Gasteiger charge is 2.15. The van der Waals surface area contributed by atoms with Crippen molar-refractivity contribution in [1.29, 1.82) is 0 Å². The molecule has 20 heavy (non-hydrogen) atoms. The lowest BCUT2D eigenvalue weighted by Gasteiger charge is -2.10. The second-order valence-electron chi connectivity index (χ2n) is 4.17. The zero-order valence-corrected chi connectivity index (χ0v) is 10.9. The molecule has 2 rings (SSSR count). The Morgan fingerprint density at radius 1 is 1.45 bits per heavy atom. The number of nitrogens with two attached hydrogens (primary N) is 1. The molecule has 0 saturated heterocycles. The van der Waals surface area contributed by atoms with Gasteiger partial charge >= 0.3 is 5.69 Å². The first-order valence-electron chi connectivity index (χ1n) is 5.90. The highest BCUT2D eigenvalue weighted by molar-refractivity contribution is 5.49. The Kier molecular flexibility index (Phi) is 4.11. The van der Waals surface area contributed by atoms with Crippen LogP contribution in [0.1, 0.15) is 11.1 Å². The molecule has 1 heterocycles. The van der Waals surface area contributed by atoms with Gasteiger partial charge in [0.25, 0.3) is 0 Å². The van der Waals surface area contributed by atoms with Gasteiger partial charge in [-0.05, 0) is 24.6 Å². The zero-order valence-electron chi connectivity index (χ0n) is 10.9. The molecule has 0 radical (unpaired) electrons. The highest BCUT2D eigenvalue weighted by Crippen LogP contribution is 2.28. The summed E-state index contributed by atoms with van der Waals surface area (Å²) in [5.41, 5.74) is 3.91. The van der Waals surface area contributed by atoms with Gasteiger partial charge in [0, 0.05) is 17.8 Å². The molecule has 7 heteroatoms. The molecule has 0 fully saturated rings. The summed E-state index contributed by atoms with van der Waals surface area (Å²) in [5, 5.41) is 11.0. The highest BCUT2D eigenvalue weighted by atomic mass is 16.6. The quantitative estimate of drug-likeness (QED) is 0.492. The fraction of sp³-hybridized carbons (Fsp3) is 0.154. The van der Waals surface area contributed by atoms with E-state index in [4.69, 9.17) is 10.6 Å². The topological polar surface area (TPSA) is 103 Å². The minimum atomic E-state index is -0.465. The Morgan fingerprint density at radius 3 is 2.95 bits per heavy atom. The number of pyridine rings is 1. The molecule has 0 amide bonds. The molecule has 0 atom stereocenters. The first-order valence-corrected chi connectivity index (χ1v) is 5.90. The summed E-state index contributed by atoms with van der Waals surface area (Å²) in [6, 6.07) is 8.33. The minimum Gasteiger partial charge on any atom is -0.482 e. The van der Waals surface area contributed by atoms with E-state index in [1.165, 1.54) is 6.07 Å². The van der Waals surface area contributed by atoms with E-state index in [1.807, 2.05) is 0 Å². The maximum Gasteiger partial charge on any atom is 0.311 e. The number of nitro groups is 1. The second-order valence-corrected chi connectivity index (χ2v) is 4.17. The number of aromatic nitrogens is 1. The SMILES string of the molecule is Cc1ccc(OCc2cccnc2NN)c([N+](=O)[O-])c1. The third-order valence-corrected chi connectivity index (χ3v) is 2.72. The Morgan fingerprint density at radius 2 is 2.25 bits per heavy atom. The predicted molar refractivity (Wildman–Crippen MR) is 74.2 cm³/mol. The number of anilines is 1. The summed E-state index contributed by atoms with van der Waals surface area (Å²) < 4.78 is 5.50. The number of benzene rings is 1. The average Bonchev–Trinajstić information content (AvgIpc) is 2.46. The molecule has 0 unspecified atom stereocenters. The van der Waals surface area contributed by atoms with E-state index in [0.717, 1.165) is 5.56 Å². The number of hydrogen-bond donors (Lipinski definition) is 2. The van der Waals surface area contributed by atoms with Crippen molar-refractivity contribution in [3.63, 3.8) is 0 Å². The molecule has 0 spiro atoms. The van der Waals surface area contributed by atoms with Crippen LogP contribution in [-0.2, 0) is 6.61 Å². The van der Waals surface area contributed by atoms with Gasteiger partial charge in [-0.2, -0.15) is 0 Å². The third kappa shape index (κ3) is 3.01. The fourth-order valence-corrected chi connectivity index (χ4v) is 1.73. The summed E-state index contributed by atoms with van der Waals surface area (Å²) in [4.78, 5) is 14.6.